The van der Waals surface area contributed by atoms with Gasteiger partial charge in [-0.3, -0.25) is 6.08 Å². The van der Waals surface area contributed by atoms with Crippen LogP contribution in [0.4, 0.5) is 0 Å². The summed E-state index contributed by atoms with van der Waals surface area (Å²) in [5.74, 6) is 0. The van der Waals surface area contributed by atoms with Crippen LogP contribution in [0.3, 0.4) is 0 Å². The van der Waals surface area contributed by atoms with Gasteiger partial charge in [-0.15, -0.1) is 46.2 Å². The Balaban J connectivity index is 0.000000208. The van der Waals surface area contributed by atoms with Crippen LogP contribution in [-0.4, -0.2) is 3.21 Å². The maximum absolute atomic E-state index is 5.98. The molecule has 0 saturated heterocycles. The Morgan fingerprint density at radius 1 is 0.700 bits per heavy atom. The van der Waals surface area contributed by atoms with Gasteiger partial charge < -0.3 is 24.8 Å². The van der Waals surface area contributed by atoms with Gasteiger partial charge in [-0.1, -0.05) is 63.1 Å². The first-order valence-electron chi connectivity index (χ1n) is 16.7. The van der Waals surface area contributed by atoms with Crippen LogP contribution in [0.5, 0.6) is 0 Å². The molecule has 0 saturated carbocycles. The zero-order chi connectivity index (χ0) is 34.2. The van der Waals surface area contributed by atoms with E-state index in [0.29, 0.717) is 0 Å². The quantitative estimate of drug-likeness (QED) is 0.164. The van der Waals surface area contributed by atoms with E-state index in [1.807, 2.05) is 48.6 Å². The molecule has 0 atom stereocenters. The first-order valence-corrected chi connectivity index (χ1v) is 18.7. The van der Waals surface area contributed by atoms with Crippen molar-refractivity contribution in [1.82, 2.24) is 0 Å². The molecule has 0 fully saturated rings. The van der Waals surface area contributed by atoms with E-state index in [1.165, 1.54) is 82.4 Å². The van der Waals surface area contributed by atoms with Gasteiger partial charge in [-0.2, -0.15) is 6.08 Å². The maximum atomic E-state index is 5.98. The molecular weight excluding hydrogens is 774 g/mol. The van der Waals surface area contributed by atoms with Gasteiger partial charge in [0.1, 0.15) is 0 Å². The molecule has 0 aromatic heterocycles. The van der Waals surface area contributed by atoms with E-state index in [1.54, 1.807) is 0 Å². The summed E-state index contributed by atoms with van der Waals surface area (Å²) in [5, 5.41) is 7.14. The molecule has 0 spiro atoms. The van der Waals surface area contributed by atoms with Crippen LogP contribution in [-0.2, 0) is 35.1 Å². The summed E-state index contributed by atoms with van der Waals surface area (Å²) in [4.78, 5) is 0. The fraction of sp³-hybridized carbons (Fsp3) is 0.244. The Labute approximate surface area is 335 Å². The van der Waals surface area contributed by atoms with Gasteiger partial charge >= 0.3 is 120 Å². The van der Waals surface area contributed by atoms with Crippen molar-refractivity contribution in [2.75, 3.05) is 0 Å². The third kappa shape index (κ3) is 8.63. The van der Waals surface area contributed by atoms with E-state index < -0.39 is 0 Å². The summed E-state index contributed by atoms with van der Waals surface area (Å²) in [6, 6.07) is 28.0. The molecule has 50 heavy (non-hydrogen) atoms. The van der Waals surface area contributed by atoms with Crippen molar-refractivity contribution in [1.29, 1.82) is 0 Å². The molecule has 3 aliphatic rings. The molecule has 0 nitrogen and oxygen atoms in total. The topological polar surface area (TPSA) is 0 Å². The average molecular weight is 816 g/mol. The van der Waals surface area contributed by atoms with Gasteiger partial charge in [0.2, 0.25) is 0 Å². The predicted molar refractivity (Wildman–Crippen MR) is 207 cm³/mol. The molecule has 3 aliphatic carbocycles. The van der Waals surface area contributed by atoms with Crippen molar-refractivity contribution in [3.05, 3.63) is 159 Å². The van der Waals surface area contributed by atoms with E-state index >= 15 is 0 Å². The van der Waals surface area contributed by atoms with Crippen LogP contribution < -0.4 is 24.8 Å². The second-order valence-electron chi connectivity index (χ2n) is 14.5. The Bertz CT molecular complexity index is 2020. The molecule has 5 aromatic rings. The van der Waals surface area contributed by atoms with Gasteiger partial charge in [0.15, 0.2) is 0 Å². The molecule has 0 radical (unpaired) electrons. The number of benzene rings is 4. The standard InChI is InChI=1S/C27H29.C13H8Cl2.C5H5.2ClH.Zr/c1-16-7-9-26(3,4)24-12-18-11-19-13-25-21(17(2)8-10-27(25,5)6)15-23(19)22(18)14-20(16)24;14-12-5-1-3-10(8-12)7-11-4-2-6-13(15)9-11;1-2-4-5-3-1;;;/h7-8,11-15H,9-10H2,1-6H3;1-6,8-9H;1-3H,4H2;2*1H;/q-1;;-1;;;+2/p-2. The molecular formula is C45H42Cl4Zr-2. The van der Waals surface area contributed by atoms with Crippen LogP contribution in [0, 0.1) is 6.08 Å². The number of hydrogen-bond donors (Lipinski definition) is 0. The Hall–Kier alpha value is -2.38. The minimum Gasteiger partial charge on any atom is -1.00 e. The fourth-order valence-electron chi connectivity index (χ4n) is 6.93. The fourth-order valence-corrected chi connectivity index (χ4v) is 8.07. The molecule has 0 aliphatic heterocycles. The van der Waals surface area contributed by atoms with Crippen molar-refractivity contribution in [2.45, 2.75) is 71.6 Å². The smallest absolute Gasteiger partial charge is 0.109 e. The molecule has 0 heterocycles. The van der Waals surface area contributed by atoms with E-state index in [-0.39, 0.29) is 35.6 Å². The van der Waals surface area contributed by atoms with Crippen molar-refractivity contribution in [3.63, 3.8) is 0 Å². The van der Waals surface area contributed by atoms with Crippen molar-refractivity contribution >= 4 is 59.1 Å². The van der Waals surface area contributed by atoms with Crippen molar-refractivity contribution in [3.8, 4) is 0 Å². The third-order valence-corrected chi connectivity index (χ3v) is 11.8. The van der Waals surface area contributed by atoms with Gasteiger partial charge in [0.25, 0.3) is 0 Å². The van der Waals surface area contributed by atoms with Crippen LogP contribution in [0.15, 0.2) is 109 Å². The monoisotopic (exact) mass is 812 g/mol. The summed E-state index contributed by atoms with van der Waals surface area (Å²) in [6.45, 7) is 14.0. The van der Waals surface area contributed by atoms with Crippen LogP contribution in [0.25, 0.3) is 32.7 Å². The molecule has 5 heteroatoms. The van der Waals surface area contributed by atoms with E-state index in [0.717, 1.165) is 40.4 Å². The first kappa shape index (κ1) is 40.4. The van der Waals surface area contributed by atoms with Crippen LogP contribution in [0.2, 0.25) is 10.0 Å². The summed E-state index contributed by atoms with van der Waals surface area (Å²) in [6.07, 6.45) is 17.1. The SMILES string of the molecule is CC1=CCC(C)(C)c2cc3[cH-]c4cc5c(cc4c3cc21)C(C)=CCC5(C)C.Clc1cccc([C](=[Zr+2])c2cccc(Cl)c2)c1.[C-]1=CC=CC1.[Cl-].[Cl-]. The zero-order valence-corrected chi connectivity index (χ0v) is 35.0. The van der Waals surface area contributed by atoms with Crippen molar-refractivity contribution < 1.29 is 49.0 Å². The maximum Gasteiger partial charge on any atom is -0.109 e. The van der Waals surface area contributed by atoms with E-state index in [9.17, 15) is 0 Å². The Kier molecular flexibility index (Phi) is 13.4. The average Bonchev–Trinajstić information content (AvgIpc) is 3.76. The summed E-state index contributed by atoms with van der Waals surface area (Å²) in [7, 11) is 0. The summed E-state index contributed by atoms with van der Waals surface area (Å²) >= 11 is 13.3. The zero-order valence-electron chi connectivity index (χ0n) is 29.5. The van der Waals surface area contributed by atoms with Crippen LogP contribution in [0.1, 0.15) is 94.2 Å². The van der Waals surface area contributed by atoms with Gasteiger partial charge in [0, 0.05) is 0 Å². The second kappa shape index (κ2) is 16.5. The molecule has 8 rings (SSSR count). The summed E-state index contributed by atoms with van der Waals surface area (Å²) in [5.41, 5.74) is 11.5. The Morgan fingerprint density at radius 2 is 1.16 bits per heavy atom. The summed E-state index contributed by atoms with van der Waals surface area (Å²) < 4.78 is 1.26. The third-order valence-electron chi connectivity index (χ3n) is 9.94. The van der Waals surface area contributed by atoms with Gasteiger partial charge in [-0.05, 0) is 59.8 Å². The van der Waals surface area contributed by atoms with Crippen molar-refractivity contribution in [2.24, 2.45) is 0 Å². The number of allylic oxidation sites excluding steroid dienone is 8. The number of halogens is 4. The molecule has 0 bridgehead atoms. The number of rotatable bonds is 2. The number of fused-ring (bicyclic) bond motifs is 5. The largest absolute Gasteiger partial charge is 1.00 e. The predicted octanol–water partition coefficient (Wildman–Crippen LogP) is 7.30. The molecule has 0 amide bonds. The van der Waals surface area contributed by atoms with E-state index in [2.05, 4.69) is 108 Å². The Morgan fingerprint density at radius 3 is 1.52 bits per heavy atom. The molecule has 0 unspecified atom stereocenters. The van der Waals surface area contributed by atoms with Crippen LogP contribution >= 0.6 is 23.2 Å². The molecule has 5 aromatic carbocycles. The van der Waals surface area contributed by atoms with Gasteiger partial charge in [0.05, 0.1) is 0 Å². The molecule has 0 N–H and O–H groups in total. The van der Waals surface area contributed by atoms with Gasteiger partial charge in [-0.25, -0.2) is 12.2 Å². The molecule has 256 valence electrons. The first-order chi connectivity index (χ1) is 22.8. The number of hydrogen-bond acceptors (Lipinski definition) is 0. The van der Waals surface area contributed by atoms with E-state index in [4.69, 9.17) is 23.2 Å². The minimum absolute atomic E-state index is 0. The second-order valence-corrected chi connectivity index (χ2v) is 16.6. The minimum atomic E-state index is 0. The normalized spacial score (nSPS) is 16.0.